The standard InChI is InChI=1S/C12H24O/c1-4-11(13)10-6-5-8-12(2,3)9-7-10/h10-11,13H,4-9H2,1-3H3. The molecule has 1 nitrogen and oxygen atoms in total. The van der Waals surface area contributed by atoms with Gasteiger partial charge >= 0.3 is 0 Å². The van der Waals surface area contributed by atoms with E-state index in [1.165, 1.54) is 32.1 Å². The molecule has 0 amide bonds. The van der Waals surface area contributed by atoms with Crippen LogP contribution in [0, 0.1) is 11.3 Å². The van der Waals surface area contributed by atoms with Crippen molar-refractivity contribution in [1.82, 2.24) is 0 Å². The highest BCUT2D eigenvalue weighted by Gasteiger charge is 2.27. The summed E-state index contributed by atoms with van der Waals surface area (Å²) in [5.74, 6) is 0.576. The van der Waals surface area contributed by atoms with Gasteiger partial charge < -0.3 is 5.11 Å². The van der Waals surface area contributed by atoms with Gasteiger partial charge in [0.05, 0.1) is 6.10 Å². The Morgan fingerprint density at radius 2 is 2.00 bits per heavy atom. The molecule has 2 atom stereocenters. The van der Waals surface area contributed by atoms with Gasteiger partial charge in [0.2, 0.25) is 0 Å². The van der Waals surface area contributed by atoms with E-state index in [2.05, 4.69) is 20.8 Å². The second-order valence-corrected chi connectivity index (χ2v) is 5.33. The highest BCUT2D eigenvalue weighted by molar-refractivity contribution is 4.79. The van der Waals surface area contributed by atoms with E-state index in [9.17, 15) is 5.11 Å². The monoisotopic (exact) mass is 184 g/mol. The SMILES string of the molecule is CCC(O)C1CCCC(C)(C)CC1. The Kier molecular flexibility index (Phi) is 3.78. The normalized spacial score (nSPS) is 30.9. The minimum Gasteiger partial charge on any atom is -0.393 e. The van der Waals surface area contributed by atoms with Crippen molar-refractivity contribution in [2.24, 2.45) is 11.3 Å². The third-order valence-corrected chi connectivity index (χ3v) is 3.58. The smallest absolute Gasteiger partial charge is 0.0565 e. The summed E-state index contributed by atoms with van der Waals surface area (Å²) >= 11 is 0. The summed E-state index contributed by atoms with van der Waals surface area (Å²) in [6, 6.07) is 0. The van der Waals surface area contributed by atoms with Crippen molar-refractivity contribution in [3.05, 3.63) is 0 Å². The number of aliphatic hydroxyl groups excluding tert-OH is 1. The Labute approximate surface area is 82.5 Å². The minimum absolute atomic E-state index is 0.0473. The molecule has 0 bridgehead atoms. The first-order valence-electron chi connectivity index (χ1n) is 5.73. The van der Waals surface area contributed by atoms with E-state index in [1.54, 1.807) is 0 Å². The zero-order chi connectivity index (χ0) is 9.90. The number of aliphatic hydroxyl groups is 1. The van der Waals surface area contributed by atoms with Crippen LogP contribution in [0.1, 0.15) is 59.3 Å². The Hall–Kier alpha value is -0.0400. The summed E-state index contributed by atoms with van der Waals surface area (Å²) in [5.41, 5.74) is 0.516. The number of hydrogen-bond donors (Lipinski definition) is 1. The molecule has 1 saturated carbocycles. The number of hydrogen-bond acceptors (Lipinski definition) is 1. The largest absolute Gasteiger partial charge is 0.393 e. The molecule has 78 valence electrons. The average Bonchev–Trinajstić information content (AvgIpc) is 2.25. The quantitative estimate of drug-likeness (QED) is 0.652. The van der Waals surface area contributed by atoms with Gasteiger partial charge in [-0.15, -0.1) is 0 Å². The second-order valence-electron chi connectivity index (χ2n) is 5.33. The van der Waals surface area contributed by atoms with Crippen molar-refractivity contribution < 1.29 is 5.11 Å². The van der Waals surface area contributed by atoms with E-state index in [0.29, 0.717) is 11.3 Å². The van der Waals surface area contributed by atoms with Gasteiger partial charge in [-0.1, -0.05) is 27.2 Å². The van der Waals surface area contributed by atoms with E-state index in [1.807, 2.05) is 0 Å². The van der Waals surface area contributed by atoms with Gasteiger partial charge in [-0.25, -0.2) is 0 Å². The van der Waals surface area contributed by atoms with E-state index in [0.717, 1.165) is 6.42 Å². The van der Waals surface area contributed by atoms with Gasteiger partial charge in [-0.2, -0.15) is 0 Å². The predicted octanol–water partition coefficient (Wildman–Crippen LogP) is 3.36. The fourth-order valence-corrected chi connectivity index (χ4v) is 2.41. The molecule has 0 spiro atoms. The summed E-state index contributed by atoms with van der Waals surface area (Å²) in [7, 11) is 0. The van der Waals surface area contributed by atoms with Crippen LogP contribution in [0.5, 0.6) is 0 Å². The van der Waals surface area contributed by atoms with Crippen molar-refractivity contribution in [3.63, 3.8) is 0 Å². The molecule has 1 aliphatic carbocycles. The lowest BCUT2D eigenvalue weighted by Gasteiger charge is -2.23. The first-order chi connectivity index (χ1) is 6.05. The topological polar surface area (TPSA) is 20.2 Å². The van der Waals surface area contributed by atoms with Gasteiger partial charge in [0, 0.05) is 0 Å². The lowest BCUT2D eigenvalue weighted by atomic mass is 9.84. The molecule has 0 aliphatic heterocycles. The molecule has 0 aromatic heterocycles. The van der Waals surface area contributed by atoms with Crippen LogP contribution in [0.2, 0.25) is 0 Å². The Morgan fingerprint density at radius 1 is 1.31 bits per heavy atom. The lowest BCUT2D eigenvalue weighted by molar-refractivity contribution is 0.0930. The van der Waals surface area contributed by atoms with Crippen molar-refractivity contribution in [2.75, 3.05) is 0 Å². The van der Waals surface area contributed by atoms with Crippen LogP contribution in [0.15, 0.2) is 0 Å². The summed E-state index contributed by atoms with van der Waals surface area (Å²) in [5, 5.41) is 9.78. The maximum atomic E-state index is 9.78. The second kappa shape index (κ2) is 4.45. The first kappa shape index (κ1) is 11.0. The Morgan fingerprint density at radius 3 is 2.62 bits per heavy atom. The molecule has 1 heteroatoms. The van der Waals surface area contributed by atoms with Crippen molar-refractivity contribution in [3.8, 4) is 0 Å². The van der Waals surface area contributed by atoms with Crippen LogP contribution in [0.3, 0.4) is 0 Å². The van der Waals surface area contributed by atoms with Gasteiger partial charge in [-0.05, 0) is 43.4 Å². The third-order valence-electron chi connectivity index (χ3n) is 3.58. The average molecular weight is 184 g/mol. The lowest BCUT2D eigenvalue weighted by Crippen LogP contribution is -2.19. The van der Waals surface area contributed by atoms with E-state index in [4.69, 9.17) is 0 Å². The molecule has 2 unspecified atom stereocenters. The fourth-order valence-electron chi connectivity index (χ4n) is 2.41. The van der Waals surface area contributed by atoms with Gasteiger partial charge in [0.1, 0.15) is 0 Å². The molecule has 0 aromatic carbocycles. The van der Waals surface area contributed by atoms with Crippen LogP contribution in [-0.2, 0) is 0 Å². The Balaban J connectivity index is 2.45. The van der Waals surface area contributed by atoms with Crippen LogP contribution < -0.4 is 0 Å². The van der Waals surface area contributed by atoms with Gasteiger partial charge in [0.25, 0.3) is 0 Å². The fraction of sp³-hybridized carbons (Fsp3) is 1.00. The molecular formula is C12H24O. The molecule has 1 aliphatic rings. The molecule has 1 fully saturated rings. The molecule has 0 saturated heterocycles. The summed E-state index contributed by atoms with van der Waals surface area (Å²) in [6.07, 6.45) is 7.25. The molecule has 1 rings (SSSR count). The molecule has 13 heavy (non-hydrogen) atoms. The van der Waals surface area contributed by atoms with Gasteiger partial charge in [0.15, 0.2) is 0 Å². The molecule has 0 aromatic rings. The van der Waals surface area contributed by atoms with Gasteiger partial charge in [-0.3, -0.25) is 0 Å². The zero-order valence-corrected chi connectivity index (χ0v) is 9.34. The molecule has 0 radical (unpaired) electrons. The van der Waals surface area contributed by atoms with Crippen molar-refractivity contribution in [1.29, 1.82) is 0 Å². The highest BCUT2D eigenvalue weighted by Crippen LogP contribution is 2.37. The maximum absolute atomic E-state index is 9.78. The minimum atomic E-state index is -0.0473. The molecular weight excluding hydrogens is 160 g/mol. The summed E-state index contributed by atoms with van der Waals surface area (Å²) in [4.78, 5) is 0. The maximum Gasteiger partial charge on any atom is 0.0565 e. The van der Waals surface area contributed by atoms with Crippen LogP contribution in [-0.4, -0.2) is 11.2 Å². The zero-order valence-electron chi connectivity index (χ0n) is 9.34. The van der Waals surface area contributed by atoms with E-state index < -0.39 is 0 Å². The van der Waals surface area contributed by atoms with Crippen LogP contribution in [0.25, 0.3) is 0 Å². The Bertz CT molecular complexity index is 151. The molecule has 1 N–H and O–H groups in total. The first-order valence-corrected chi connectivity index (χ1v) is 5.73. The van der Waals surface area contributed by atoms with Crippen LogP contribution >= 0.6 is 0 Å². The highest BCUT2D eigenvalue weighted by atomic mass is 16.3. The van der Waals surface area contributed by atoms with E-state index in [-0.39, 0.29) is 6.10 Å². The van der Waals surface area contributed by atoms with Crippen molar-refractivity contribution in [2.45, 2.75) is 65.4 Å². The summed E-state index contributed by atoms with van der Waals surface area (Å²) < 4.78 is 0. The third kappa shape index (κ3) is 3.30. The number of rotatable bonds is 2. The van der Waals surface area contributed by atoms with E-state index >= 15 is 0 Å². The predicted molar refractivity (Wildman–Crippen MR) is 56.7 cm³/mol. The van der Waals surface area contributed by atoms with Crippen LogP contribution in [0.4, 0.5) is 0 Å². The molecule has 0 heterocycles. The summed E-state index contributed by atoms with van der Waals surface area (Å²) in [6.45, 7) is 6.79. The van der Waals surface area contributed by atoms with Crippen molar-refractivity contribution >= 4 is 0 Å².